The highest BCUT2D eigenvalue weighted by Gasteiger charge is 2.05. The second-order valence-corrected chi connectivity index (χ2v) is 4.82. The number of hydrogen-bond acceptors (Lipinski definition) is 3. The van der Waals surface area contributed by atoms with Crippen LogP contribution in [0.5, 0.6) is 11.6 Å². The van der Waals surface area contributed by atoms with E-state index < -0.39 is 0 Å². The van der Waals surface area contributed by atoms with Gasteiger partial charge in [-0.05, 0) is 46.2 Å². The van der Waals surface area contributed by atoms with E-state index in [4.69, 9.17) is 4.74 Å². The first-order valence-electron chi connectivity index (χ1n) is 5.97. The first-order chi connectivity index (χ1) is 9.19. The number of nitrogens with one attached hydrogen (secondary N) is 1. The van der Waals surface area contributed by atoms with Gasteiger partial charge in [0.05, 0.1) is 4.47 Å². The number of pyridine rings is 1. The van der Waals surface area contributed by atoms with Gasteiger partial charge in [-0.15, -0.1) is 0 Å². The first kappa shape index (κ1) is 14.0. The number of halogens is 2. The average Bonchev–Trinajstić information content (AvgIpc) is 2.41. The minimum Gasteiger partial charge on any atom is -0.438 e. The summed E-state index contributed by atoms with van der Waals surface area (Å²) in [5, 5.41) is 3.22. The Morgan fingerprint density at radius 2 is 2.16 bits per heavy atom. The molecule has 0 aliphatic rings. The third kappa shape index (κ3) is 4.01. The molecule has 2 rings (SSSR count). The van der Waals surface area contributed by atoms with E-state index in [2.05, 4.69) is 33.2 Å². The van der Waals surface area contributed by atoms with Gasteiger partial charge >= 0.3 is 0 Å². The third-order valence-electron chi connectivity index (χ3n) is 2.49. The molecule has 2 aromatic rings. The van der Waals surface area contributed by atoms with Crippen molar-refractivity contribution in [1.29, 1.82) is 0 Å². The number of hydrogen-bond donors (Lipinski definition) is 1. The largest absolute Gasteiger partial charge is 0.438 e. The Hall–Kier alpha value is -1.46. The zero-order chi connectivity index (χ0) is 13.7. The third-order valence-corrected chi connectivity index (χ3v) is 3.10. The van der Waals surface area contributed by atoms with E-state index in [1.807, 2.05) is 6.07 Å². The van der Waals surface area contributed by atoms with Crippen LogP contribution in [0.2, 0.25) is 0 Å². The minimum absolute atomic E-state index is 0.312. The monoisotopic (exact) mass is 324 g/mol. The lowest BCUT2D eigenvalue weighted by atomic mass is 10.3. The summed E-state index contributed by atoms with van der Waals surface area (Å²) in [4.78, 5) is 4.21. The molecule has 0 aliphatic carbocycles. The van der Waals surface area contributed by atoms with Gasteiger partial charge in [0.25, 0.3) is 0 Å². The normalized spacial score (nSPS) is 10.5. The van der Waals surface area contributed by atoms with Crippen molar-refractivity contribution >= 4 is 15.9 Å². The van der Waals surface area contributed by atoms with Crippen LogP contribution in [0.3, 0.4) is 0 Å². The standard InChI is InChI=1S/C14H14BrFN2O/c1-2-17-8-10-3-6-14(18-9-10)19-13-5-4-11(16)7-12(13)15/h3-7,9,17H,2,8H2,1H3. The van der Waals surface area contributed by atoms with Crippen molar-refractivity contribution in [2.24, 2.45) is 0 Å². The van der Waals surface area contributed by atoms with Gasteiger partial charge in [0.2, 0.25) is 5.88 Å². The molecule has 5 heteroatoms. The fraction of sp³-hybridized carbons (Fsp3) is 0.214. The number of rotatable bonds is 5. The van der Waals surface area contributed by atoms with Gasteiger partial charge in [0, 0.05) is 18.8 Å². The van der Waals surface area contributed by atoms with E-state index in [-0.39, 0.29) is 5.82 Å². The number of nitrogens with zero attached hydrogens (tertiary/aromatic N) is 1. The molecule has 1 heterocycles. The molecular formula is C14H14BrFN2O. The first-order valence-corrected chi connectivity index (χ1v) is 6.77. The van der Waals surface area contributed by atoms with Crippen molar-refractivity contribution in [1.82, 2.24) is 10.3 Å². The smallest absolute Gasteiger partial charge is 0.219 e. The number of benzene rings is 1. The van der Waals surface area contributed by atoms with E-state index >= 15 is 0 Å². The molecule has 0 unspecified atom stereocenters. The van der Waals surface area contributed by atoms with Crippen LogP contribution in [0, 0.1) is 5.82 Å². The number of aromatic nitrogens is 1. The van der Waals surface area contributed by atoms with Crippen LogP contribution in [0.1, 0.15) is 12.5 Å². The molecule has 0 amide bonds. The van der Waals surface area contributed by atoms with E-state index in [1.54, 1.807) is 18.3 Å². The summed E-state index contributed by atoms with van der Waals surface area (Å²) >= 11 is 3.25. The molecule has 0 aliphatic heterocycles. The van der Waals surface area contributed by atoms with Crippen LogP contribution in [-0.2, 0) is 6.54 Å². The summed E-state index contributed by atoms with van der Waals surface area (Å²) in [6.07, 6.45) is 1.76. The molecule has 0 spiro atoms. The van der Waals surface area contributed by atoms with Crippen molar-refractivity contribution in [3.63, 3.8) is 0 Å². The Bertz CT molecular complexity index is 546. The summed E-state index contributed by atoms with van der Waals surface area (Å²) in [6, 6.07) is 8.01. The maximum atomic E-state index is 12.9. The van der Waals surface area contributed by atoms with E-state index in [9.17, 15) is 4.39 Å². The quantitative estimate of drug-likeness (QED) is 0.906. The van der Waals surface area contributed by atoms with Crippen molar-refractivity contribution in [2.45, 2.75) is 13.5 Å². The second-order valence-electron chi connectivity index (χ2n) is 3.96. The summed E-state index contributed by atoms with van der Waals surface area (Å²) in [5.41, 5.74) is 1.09. The minimum atomic E-state index is -0.312. The molecule has 100 valence electrons. The SMILES string of the molecule is CCNCc1ccc(Oc2ccc(F)cc2Br)nc1. The van der Waals surface area contributed by atoms with E-state index in [0.717, 1.165) is 18.7 Å². The fourth-order valence-electron chi connectivity index (χ4n) is 1.52. The predicted octanol–water partition coefficient (Wildman–Crippen LogP) is 3.89. The summed E-state index contributed by atoms with van der Waals surface area (Å²) < 4.78 is 19.1. The fourth-order valence-corrected chi connectivity index (χ4v) is 1.95. The highest BCUT2D eigenvalue weighted by Crippen LogP contribution is 2.29. The molecule has 0 atom stereocenters. The molecule has 1 N–H and O–H groups in total. The molecule has 3 nitrogen and oxygen atoms in total. The molecule has 0 saturated carbocycles. The Morgan fingerprint density at radius 1 is 1.32 bits per heavy atom. The van der Waals surface area contributed by atoms with Crippen molar-refractivity contribution in [3.05, 3.63) is 52.4 Å². The zero-order valence-electron chi connectivity index (χ0n) is 10.5. The molecule has 0 saturated heterocycles. The molecule has 0 bridgehead atoms. The van der Waals surface area contributed by atoms with Crippen molar-refractivity contribution < 1.29 is 9.13 Å². The van der Waals surface area contributed by atoms with Crippen LogP contribution in [0.15, 0.2) is 41.0 Å². The maximum Gasteiger partial charge on any atom is 0.219 e. The van der Waals surface area contributed by atoms with Crippen LogP contribution in [0.4, 0.5) is 4.39 Å². The summed E-state index contributed by atoms with van der Waals surface area (Å²) in [7, 11) is 0. The average molecular weight is 325 g/mol. The van der Waals surface area contributed by atoms with Gasteiger partial charge in [-0.2, -0.15) is 0 Å². The lowest BCUT2D eigenvalue weighted by molar-refractivity contribution is 0.457. The van der Waals surface area contributed by atoms with Crippen LogP contribution in [-0.4, -0.2) is 11.5 Å². The Labute approximate surface area is 119 Å². The highest BCUT2D eigenvalue weighted by atomic mass is 79.9. The molecule has 1 aromatic carbocycles. The van der Waals surface area contributed by atoms with Gasteiger partial charge < -0.3 is 10.1 Å². The van der Waals surface area contributed by atoms with Crippen LogP contribution >= 0.6 is 15.9 Å². The summed E-state index contributed by atoms with van der Waals surface area (Å²) in [6.45, 7) is 3.75. The molecule has 0 radical (unpaired) electrons. The predicted molar refractivity (Wildman–Crippen MR) is 75.8 cm³/mol. The highest BCUT2D eigenvalue weighted by molar-refractivity contribution is 9.10. The lowest BCUT2D eigenvalue weighted by Gasteiger charge is -2.07. The van der Waals surface area contributed by atoms with Gasteiger partial charge in [-0.25, -0.2) is 9.37 Å². The zero-order valence-corrected chi connectivity index (χ0v) is 12.1. The number of ether oxygens (including phenoxy) is 1. The van der Waals surface area contributed by atoms with Gasteiger partial charge in [-0.1, -0.05) is 13.0 Å². The van der Waals surface area contributed by atoms with Crippen LogP contribution < -0.4 is 10.1 Å². The molecule has 1 aromatic heterocycles. The lowest BCUT2D eigenvalue weighted by Crippen LogP contribution is -2.11. The Balaban J connectivity index is 2.06. The van der Waals surface area contributed by atoms with Crippen molar-refractivity contribution in [3.8, 4) is 11.6 Å². The van der Waals surface area contributed by atoms with Gasteiger partial charge in [-0.3, -0.25) is 0 Å². The van der Waals surface area contributed by atoms with E-state index in [1.165, 1.54) is 12.1 Å². The second kappa shape index (κ2) is 6.63. The molecule has 0 fully saturated rings. The van der Waals surface area contributed by atoms with Crippen LogP contribution in [0.25, 0.3) is 0 Å². The Morgan fingerprint density at radius 3 is 2.79 bits per heavy atom. The van der Waals surface area contributed by atoms with Crippen molar-refractivity contribution in [2.75, 3.05) is 6.54 Å². The topological polar surface area (TPSA) is 34.1 Å². The maximum absolute atomic E-state index is 12.9. The van der Waals surface area contributed by atoms with E-state index in [0.29, 0.717) is 16.1 Å². The molecular weight excluding hydrogens is 311 g/mol. The van der Waals surface area contributed by atoms with Gasteiger partial charge in [0.15, 0.2) is 0 Å². The molecule has 19 heavy (non-hydrogen) atoms. The van der Waals surface area contributed by atoms with Gasteiger partial charge in [0.1, 0.15) is 11.6 Å². The summed E-state index contributed by atoms with van der Waals surface area (Å²) in [5.74, 6) is 0.703. The Kier molecular flexibility index (Phi) is 4.87.